The van der Waals surface area contributed by atoms with Crippen molar-refractivity contribution in [2.75, 3.05) is 5.75 Å². The minimum atomic E-state index is -5.01. The van der Waals surface area contributed by atoms with Crippen molar-refractivity contribution in [2.45, 2.75) is 25.9 Å². The SMILES string of the molecule is CCCCSNC(=O)NNC(=O)C(F)(F)F. The van der Waals surface area contributed by atoms with Crippen molar-refractivity contribution in [3.8, 4) is 0 Å². The molecule has 0 aliphatic heterocycles. The molecule has 0 aliphatic rings. The zero-order valence-electron chi connectivity index (χ0n) is 8.48. The summed E-state index contributed by atoms with van der Waals surface area (Å²) >= 11 is 1.05. The smallest absolute Gasteiger partial charge is 0.280 e. The van der Waals surface area contributed by atoms with E-state index in [4.69, 9.17) is 0 Å². The maximum Gasteiger partial charge on any atom is 0.472 e. The number of unbranched alkanes of at least 4 members (excludes halogenated alkanes) is 1. The van der Waals surface area contributed by atoms with Crippen molar-refractivity contribution in [3.63, 3.8) is 0 Å². The third kappa shape index (κ3) is 7.21. The van der Waals surface area contributed by atoms with E-state index in [0.29, 0.717) is 5.75 Å². The second kappa shape index (κ2) is 7.20. The van der Waals surface area contributed by atoms with Crippen LogP contribution in [0, 0.1) is 0 Å². The minimum absolute atomic E-state index is 0.650. The topological polar surface area (TPSA) is 70.2 Å². The summed E-state index contributed by atoms with van der Waals surface area (Å²) in [5.74, 6) is -1.57. The second-order valence-electron chi connectivity index (χ2n) is 2.71. The molecule has 0 saturated heterocycles. The first-order valence-electron chi connectivity index (χ1n) is 4.43. The molecule has 5 nitrogen and oxygen atoms in total. The van der Waals surface area contributed by atoms with Gasteiger partial charge in [-0.15, -0.1) is 0 Å². The first kappa shape index (κ1) is 14.9. The van der Waals surface area contributed by atoms with Crippen LogP contribution in [0.15, 0.2) is 0 Å². The number of carbonyl (C=O) groups is 2. The van der Waals surface area contributed by atoms with Gasteiger partial charge in [0.15, 0.2) is 0 Å². The Bertz CT molecular complexity index is 248. The van der Waals surface area contributed by atoms with Crippen molar-refractivity contribution in [3.05, 3.63) is 0 Å². The highest BCUT2D eigenvalue weighted by atomic mass is 32.2. The van der Waals surface area contributed by atoms with Gasteiger partial charge in [0.25, 0.3) is 0 Å². The van der Waals surface area contributed by atoms with Gasteiger partial charge >= 0.3 is 18.1 Å². The Morgan fingerprint density at radius 2 is 1.88 bits per heavy atom. The molecule has 0 aromatic rings. The van der Waals surface area contributed by atoms with Crippen molar-refractivity contribution in [2.24, 2.45) is 0 Å². The summed E-state index contributed by atoms with van der Waals surface area (Å²) in [6, 6.07) is -0.904. The van der Waals surface area contributed by atoms with E-state index in [1.807, 2.05) is 6.92 Å². The van der Waals surface area contributed by atoms with Crippen molar-refractivity contribution in [1.82, 2.24) is 15.6 Å². The molecular weight excluding hydrogens is 247 g/mol. The van der Waals surface area contributed by atoms with Crippen LogP contribution in [0.25, 0.3) is 0 Å². The molecule has 0 aromatic heterocycles. The molecule has 0 heterocycles. The molecule has 16 heavy (non-hydrogen) atoms. The number of alkyl halides is 3. The first-order valence-corrected chi connectivity index (χ1v) is 5.41. The molecule has 0 rings (SSSR count). The van der Waals surface area contributed by atoms with Gasteiger partial charge in [0.2, 0.25) is 0 Å². The standard InChI is InChI=1S/C7H12F3N3O2S/c1-2-3-4-16-13-6(15)12-11-5(14)7(8,9)10/h2-4H2,1H3,(H,11,14)(H2,12,13,15). The van der Waals surface area contributed by atoms with Crippen LogP contribution in [-0.4, -0.2) is 23.9 Å². The van der Waals surface area contributed by atoms with Gasteiger partial charge in [0.05, 0.1) is 0 Å². The maximum atomic E-state index is 11.7. The monoisotopic (exact) mass is 259 g/mol. The van der Waals surface area contributed by atoms with Gasteiger partial charge in [-0.3, -0.25) is 14.9 Å². The lowest BCUT2D eigenvalue weighted by Gasteiger charge is -2.09. The summed E-state index contributed by atoms with van der Waals surface area (Å²) in [4.78, 5) is 21.1. The van der Waals surface area contributed by atoms with Crippen molar-refractivity contribution in [1.29, 1.82) is 0 Å². The Morgan fingerprint density at radius 3 is 2.38 bits per heavy atom. The average Bonchev–Trinajstić information content (AvgIpc) is 2.19. The Hall–Kier alpha value is -1.12. The van der Waals surface area contributed by atoms with Crippen LogP contribution in [-0.2, 0) is 4.79 Å². The van der Waals surface area contributed by atoms with E-state index >= 15 is 0 Å². The van der Waals surface area contributed by atoms with E-state index in [0.717, 1.165) is 24.8 Å². The summed E-state index contributed by atoms with van der Waals surface area (Å²) in [5.41, 5.74) is 2.80. The number of amides is 3. The van der Waals surface area contributed by atoms with Gasteiger partial charge in [-0.1, -0.05) is 13.3 Å². The molecule has 0 fully saturated rings. The first-order chi connectivity index (χ1) is 7.38. The van der Waals surface area contributed by atoms with Crippen LogP contribution in [0.2, 0.25) is 0 Å². The molecule has 3 N–H and O–H groups in total. The Kier molecular flexibility index (Phi) is 6.70. The van der Waals surface area contributed by atoms with E-state index in [1.165, 1.54) is 5.43 Å². The molecule has 0 aromatic carbocycles. The summed E-state index contributed by atoms with van der Waals surface area (Å²) in [6.07, 6.45) is -3.19. The molecule has 9 heteroatoms. The van der Waals surface area contributed by atoms with E-state index in [-0.39, 0.29) is 0 Å². The fourth-order valence-electron chi connectivity index (χ4n) is 0.543. The van der Waals surface area contributed by atoms with Gasteiger partial charge in [-0.2, -0.15) is 13.2 Å². The summed E-state index contributed by atoms with van der Waals surface area (Å²) < 4.78 is 37.2. The number of hydrogen-bond acceptors (Lipinski definition) is 3. The van der Waals surface area contributed by atoms with Crippen LogP contribution in [0.1, 0.15) is 19.8 Å². The lowest BCUT2D eigenvalue weighted by molar-refractivity contribution is -0.174. The Morgan fingerprint density at radius 1 is 1.25 bits per heavy atom. The molecule has 0 aliphatic carbocycles. The zero-order valence-corrected chi connectivity index (χ0v) is 9.30. The van der Waals surface area contributed by atoms with Crippen LogP contribution in [0.4, 0.5) is 18.0 Å². The molecule has 0 spiro atoms. The highest BCUT2D eigenvalue weighted by Crippen LogP contribution is 2.13. The summed E-state index contributed by atoms with van der Waals surface area (Å²) in [6.45, 7) is 1.96. The van der Waals surface area contributed by atoms with Crippen LogP contribution >= 0.6 is 11.9 Å². The lowest BCUT2D eigenvalue weighted by atomic mass is 10.4. The van der Waals surface area contributed by atoms with E-state index in [1.54, 1.807) is 5.43 Å². The van der Waals surface area contributed by atoms with Crippen LogP contribution in [0.5, 0.6) is 0 Å². The van der Waals surface area contributed by atoms with Gasteiger partial charge in [-0.25, -0.2) is 10.2 Å². The zero-order chi connectivity index (χ0) is 12.6. The molecule has 0 bridgehead atoms. The fraction of sp³-hybridized carbons (Fsp3) is 0.714. The second-order valence-corrected chi connectivity index (χ2v) is 3.61. The maximum absolute atomic E-state index is 11.7. The fourth-order valence-corrected chi connectivity index (χ4v) is 1.26. The average molecular weight is 259 g/mol. The number of halogens is 3. The summed E-state index contributed by atoms with van der Waals surface area (Å²) in [5, 5.41) is 0. The molecule has 0 radical (unpaired) electrons. The molecule has 0 atom stereocenters. The normalized spacial score (nSPS) is 10.8. The third-order valence-electron chi connectivity index (χ3n) is 1.31. The molecule has 94 valence electrons. The number of rotatable bonds is 4. The number of carbonyl (C=O) groups excluding carboxylic acids is 2. The number of hydrazine groups is 1. The quantitative estimate of drug-likeness (QED) is 0.405. The molecular formula is C7H12F3N3O2S. The van der Waals surface area contributed by atoms with Gasteiger partial charge in [-0.05, 0) is 18.4 Å². The van der Waals surface area contributed by atoms with Gasteiger partial charge in [0.1, 0.15) is 0 Å². The highest BCUT2D eigenvalue weighted by Gasteiger charge is 2.38. The molecule has 3 amide bonds. The highest BCUT2D eigenvalue weighted by molar-refractivity contribution is 7.97. The molecule has 0 unspecified atom stereocenters. The van der Waals surface area contributed by atoms with E-state index in [2.05, 4.69) is 4.72 Å². The van der Waals surface area contributed by atoms with Crippen molar-refractivity contribution >= 4 is 23.9 Å². The number of urea groups is 1. The van der Waals surface area contributed by atoms with Crippen LogP contribution < -0.4 is 15.6 Å². The number of nitrogens with one attached hydrogen (secondary N) is 3. The van der Waals surface area contributed by atoms with E-state index < -0.39 is 18.1 Å². The minimum Gasteiger partial charge on any atom is -0.280 e. The van der Waals surface area contributed by atoms with Crippen LogP contribution in [0.3, 0.4) is 0 Å². The third-order valence-corrected chi connectivity index (χ3v) is 2.13. The summed E-state index contributed by atoms with van der Waals surface area (Å²) in [7, 11) is 0. The Labute approximate surface area is 94.6 Å². The van der Waals surface area contributed by atoms with E-state index in [9.17, 15) is 22.8 Å². The van der Waals surface area contributed by atoms with Gasteiger partial charge in [0, 0.05) is 5.75 Å². The lowest BCUT2D eigenvalue weighted by Crippen LogP contribution is -2.50. The predicted molar refractivity (Wildman–Crippen MR) is 53.2 cm³/mol. The largest absolute Gasteiger partial charge is 0.472 e. The number of hydrogen-bond donors (Lipinski definition) is 3. The molecule has 0 saturated carbocycles. The predicted octanol–water partition coefficient (Wildman–Crippen LogP) is 1.33. The Balaban J connectivity index is 3.62. The van der Waals surface area contributed by atoms with Gasteiger partial charge < -0.3 is 0 Å². The van der Waals surface area contributed by atoms with Crippen molar-refractivity contribution < 1.29 is 22.8 Å².